The van der Waals surface area contributed by atoms with Crippen molar-refractivity contribution >= 4 is 11.0 Å². The number of rotatable bonds is 8. The average molecular weight is 641 g/mol. The minimum Gasteiger partial charge on any atom is -0.508 e. The molecule has 0 spiro atoms. The van der Waals surface area contributed by atoms with E-state index in [9.17, 15) is 61.0 Å². The van der Waals surface area contributed by atoms with Gasteiger partial charge in [0.15, 0.2) is 29.3 Å². The molecule has 1 aromatic heterocycles. The Bertz CT molecular complexity index is 1560. The van der Waals surface area contributed by atoms with E-state index in [2.05, 4.69) is 0 Å². The fraction of sp³-hybridized carbons (Fsp3) is 0.464. The Morgan fingerprint density at radius 3 is 2.13 bits per heavy atom. The van der Waals surface area contributed by atoms with E-state index in [0.29, 0.717) is 0 Å². The first kappa shape index (κ1) is 32.5. The molecule has 2 fully saturated rings. The molecule has 0 radical (unpaired) electrons. The fourth-order valence-electron chi connectivity index (χ4n) is 5.26. The lowest BCUT2D eigenvalue weighted by Gasteiger charge is -2.45. The second-order valence-electron chi connectivity index (χ2n) is 10.7. The molecule has 17 nitrogen and oxygen atoms in total. The topological polar surface area (TPSA) is 290 Å². The molecule has 2 saturated heterocycles. The summed E-state index contributed by atoms with van der Waals surface area (Å²) in [6.45, 7) is -1.99. The molecule has 0 aliphatic carbocycles. The van der Waals surface area contributed by atoms with Gasteiger partial charge in [0.25, 0.3) is 0 Å². The van der Waals surface area contributed by atoms with Crippen LogP contribution < -0.4 is 10.2 Å². The van der Waals surface area contributed by atoms with E-state index < -0.39 is 126 Å². The third-order valence-electron chi connectivity index (χ3n) is 7.60. The van der Waals surface area contributed by atoms with Crippen molar-refractivity contribution in [3.8, 4) is 45.8 Å². The number of aliphatic hydroxyl groups is 6. The van der Waals surface area contributed by atoms with Gasteiger partial charge >= 0.3 is 0 Å². The highest BCUT2D eigenvalue weighted by Crippen LogP contribution is 2.42. The Morgan fingerprint density at radius 2 is 1.49 bits per heavy atom. The first-order valence-electron chi connectivity index (χ1n) is 13.7. The maximum absolute atomic E-state index is 13.5. The summed E-state index contributed by atoms with van der Waals surface area (Å²) in [7, 11) is 0. The predicted molar refractivity (Wildman–Crippen MR) is 147 cm³/mol. The van der Waals surface area contributed by atoms with Gasteiger partial charge in [-0.1, -0.05) is 0 Å². The molecule has 11 N–H and O–H groups in total. The minimum absolute atomic E-state index is 0.0974. The number of phenols is 5. The van der Waals surface area contributed by atoms with Gasteiger partial charge in [0.2, 0.25) is 11.2 Å². The van der Waals surface area contributed by atoms with Crippen molar-refractivity contribution in [3.63, 3.8) is 0 Å². The highest BCUT2D eigenvalue weighted by molar-refractivity contribution is 5.88. The molecule has 0 bridgehead atoms. The zero-order valence-electron chi connectivity index (χ0n) is 23.2. The summed E-state index contributed by atoms with van der Waals surface area (Å²) in [5.41, 5.74) is -1.51. The van der Waals surface area contributed by atoms with E-state index in [1.807, 2.05) is 0 Å². The first-order chi connectivity index (χ1) is 21.3. The summed E-state index contributed by atoms with van der Waals surface area (Å²) in [4.78, 5) is 13.5. The van der Waals surface area contributed by atoms with E-state index in [-0.39, 0.29) is 17.6 Å². The number of aromatic hydroxyl groups is 5. The summed E-state index contributed by atoms with van der Waals surface area (Å²) >= 11 is 0. The molecule has 3 heterocycles. The lowest BCUT2D eigenvalue weighted by molar-refractivity contribution is -0.327. The molecule has 45 heavy (non-hydrogen) atoms. The maximum atomic E-state index is 13.5. The molecule has 2 aliphatic rings. The van der Waals surface area contributed by atoms with Crippen molar-refractivity contribution in [2.24, 2.45) is 0 Å². The molecule has 0 saturated carbocycles. The average Bonchev–Trinajstić information content (AvgIpc) is 2.99. The van der Waals surface area contributed by atoms with Gasteiger partial charge in [0.1, 0.15) is 65.7 Å². The highest BCUT2D eigenvalue weighted by Gasteiger charge is 2.48. The molecule has 9 atom stereocenters. The molecule has 246 valence electrons. The monoisotopic (exact) mass is 640 g/mol. The number of phenolic OH excluding ortho intramolecular Hbond substituents is 5. The molecule has 2 aliphatic heterocycles. The smallest absolute Gasteiger partial charge is 0.239 e. The second-order valence-corrected chi connectivity index (χ2v) is 10.7. The van der Waals surface area contributed by atoms with Gasteiger partial charge < -0.3 is 79.5 Å². The van der Waals surface area contributed by atoms with Gasteiger partial charge in [-0.15, -0.1) is 0 Å². The van der Waals surface area contributed by atoms with Crippen LogP contribution in [0.15, 0.2) is 33.5 Å². The van der Waals surface area contributed by atoms with Crippen molar-refractivity contribution in [2.45, 2.75) is 61.5 Å². The van der Waals surface area contributed by atoms with Crippen LogP contribution in [0.3, 0.4) is 0 Å². The summed E-state index contributed by atoms with van der Waals surface area (Å²) < 4.78 is 28.1. The lowest BCUT2D eigenvalue weighted by Crippen LogP contribution is -2.63. The van der Waals surface area contributed by atoms with Gasteiger partial charge in [-0.3, -0.25) is 4.79 Å². The molecule has 0 unspecified atom stereocenters. The molecular formula is C28H32O17. The molecule has 17 heteroatoms. The van der Waals surface area contributed by atoms with Gasteiger partial charge in [-0.05, 0) is 12.1 Å². The van der Waals surface area contributed by atoms with Crippen molar-refractivity contribution < 1.29 is 79.5 Å². The summed E-state index contributed by atoms with van der Waals surface area (Å²) in [5, 5.41) is 111. The molecular weight excluding hydrogens is 608 g/mol. The van der Waals surface area contributed by atoms with Crippen LogP contribution in [0.25, 0.3) is 22.3 Å². The zero-order valence-corrected chi connectivity index (χ0v) is 23.2. The van der Waals surface area contributed by atoms with Crippen LogP contribution in [0.2, 0.25) is 0 Å². The number of fused-ring (bicyclic) bond motifs is 1. The number of hydrogen-bond donors (Lipinski definition) is 11. The Morgan fingerprint density at radius 1 is 0.800 bits per heavy atom. The SMILES string of the molecule is O=c1c(OC[C@@H]2O[C@H](CO)[C@@H](O[C@@H]3O[C@H](CO)C[C@H](O)[C@H]3O)[C@H](O)[C@H]2O)c(-c2cc(O)c(O)c(O)c2)oc2cc(O)cc(O)c12. The van der Waals surface area contributed by atoms with Crippen molar-refractivity contribution in [3.05, 3.63) is 34.5 Å². The second kappa shape index (κ2) is 12.8. The third-order valence-corrected chi connectivity index (χ3v) is 7.60. The van der Waals surface area contributed by atoms with Crippen LogP contribution in [0.1, 0.15) is 6.42 Å². The van der Waals surface area contributed by atoms with Crippen molar-refractivity contribution in [1.29, 1.82) is 0 Å². The van der Waals surface area contributed by atoms with Gasteiger partial charge in [0.05, 0.1) is 25.4 Å². The van der Waals surface area contributed by atoms with E-state index >= 15 is 0 Å². The van der Waals surface area contributed by atoms with Crippen molar-refractivity contribution in [2.75, 3.05) is 19.8 Å². The summed E-state index contributed by atoms with van der Waals surface area (Å²) in [6.07, 6.45) is -13.5. The third kappa shape index (κ3) is 6.17. The Hall–Kier alpha value is -3.91. The predicted octanol–water partition coefficient (Wildman–Crippen LogP) is -1.94. The fourth-order valence-corrected chi connectivity index (χ4v) is 5.26. The lowest BCUT2D eigenvalue weighted by atomic mass is 9.94. The van der Waals surface area contributed by atoms with Crippen LogP contribution in [0, 0.1) is 0 Å². The van der Waals surface area contributed by atoms with Crippen LogP contribution in [-0.4, -0.2) is 131 Å². The molecule has 0 amide bonds. The van der Waals surface area contributed by atoms with Crippen molar-refractivity contribution in [1.82, 2.24) is 0 Å². The quantitative estimate of drug-likeness (QED) is 0.119. The minimum atomic E-state index is -1.81. The van der Waals surface area contributed by atoms with E-state index in [1.54, 1.807) is 0 Å². The largest absolute Gasteiger partial charge is 0.508 e. The molecule has 3 aromatic rings. The first-order valence-corrected chi connectivity index (χ1v) is 13.7. The molecule has 2 aromatic carbocycles. The number of aliphatic hydroxyl groups excluding tert-OH is 6. The Kier molecular flexibility index (Phi) is 9.26. The van der Waals surface area contributed by atoms with Crippen LogP contribution in [-0.2, 0) is 14.2 Å². The van der Waals surface area contributed by atoms with Crippen LogP contribution in [0.4, 0.5) is 0 Å². The summed E-state index contributed by atoms with van der Waals surface area (Å²) in [6, 6.07) is 3.73. The molecule has 5 rings (SSSR count). The number of benzene rings is 2. The Labute approximate surface area is 252 Å². The van der Waals surface area contributed by atoms with E-state index in [4.69, 9.17) is 23.4 Å². The van der Waals surface area contributed by atoms with E-state index in [1.165, 1.54) is 0 Å². The summed E-state index contributed by atoms with van der Waals surface area (Å²) in [5.74, 6) is -4.70. The van der Waals surface area contributed by atoms with E-state index in [0.717, 1.165) is 24.3 Å². The zero-order chi connectivity index (χ0) is 32.7. The van der Waals surface area contributed by atoms with Crippen LogP contribution in [0.5, 0.6) is 34.5 Å². The Balaban J connectivity index is 1.44. The number of hydrogen-bond acceptors (Lipinski definition) is 17. The van der Waals surface area contributed by atoms with Crippen LogP contribution >= 0.6 is 0 Å². The van der Waals surface area contributed by atoms with Gasteiger partial charge in [-0.25, -0.2) is 0 Å². The van der Waals surface area contributed by atoms with Gasteiger partial charge in [-0.2, -0.15) is 0 Å². The maximum Gasteiger partial charge on any atom is 0.239 e. The normalized spacial score (nSPS) is 30.4. The highest BCUT2D eigenvalue weighted by atomic mass is 16.7. The standard InChI is InChI=1S/C28H32O17/c29-6-11-5-15(35)21(37)28(42-11)45-26-17(7-30)43-18(22(38)24(26)40)8-41-27-23(39)19-12(32)3-10(31)4-16(19)44-25(27)9-1-13(33)20(36)14(34)2-9/h1-4,11,15,17-18,21-22,24,26,28-38,40H,5-8H2/t11-,15-,17+,18-,21+,22-,24+,26+,28-/m0/s1. The van der Waals surface area contributed by atoms with Gasteiger partial charge in [0, 0.05) is 24.1 Å². The number of ether oxygens (including phenoxy) is 4.